The maximum atomic E-state index is 12.7. The molecule has 0 atom stereocenters. The van der Waals surface area contributed by atoms with Gasteiger partial charge in [-0.05, 0) is 31.7 Å². The second kappa shape index (κ2) is 5.92. The number of aryl methyl sites for hydroxylation is 1. The van der Waals surface area contributed by atoms with Gasteiger partial charge in [0.05, 0.1) is 11.8 Å². The summed E-state index contributed by atoms with van der Waals surface area (Å²) >= 11 is 0. The first-order chi connectivity index (χ1) is 11.2. The van der Waals surface area contributed by atoms with E-state index in [1.807, 2.05) is 18.0 Å². The standard InChI is InChI=1S/C17H23N5O/c1-21-16-12(11-19-21)9-13(10-18-16)17(23)22-7-5-15(6-8-22)20-14-3-2-4-14/h9-11,14-15,20H,2-8H2,1H3. The van der Waals surface area contributed by atoms with Gasteiger partial charge >= 0.3 is 0 Å². The third-order valence-corrected chi connectivity index (χ3v) is 5.18. The SMILES string of the molecule is Cn1ncc2cc(C(=O)N3CCC(NC4CCC4)CC3)cnc21. The van der Waals surface area contributed by atoms with Gasteiger partial charge in [0.15, 0.2) is 5.65 Å². The zero-order valence-corrected chi connectivity index (χ0v) is 13.5. The van der Waals surface area contributed by atoms with Crippen molar-refractivity contribution in [2.24, 2.45) is 7.05 Å². The molecule has 6 heteroatoms. The summed E-state index contributed by atoms with van der Waals surface area (Å²) < 4.78 is 1.72. The summed E-state index contributed by atoms with van der Waals surface area (Å²) in [6.07, 6.45) is 9.51. The number of rotatable bonds is 3. The number of piperidine rings is 1. The van der Waals surface area contributed by atoms with Gasteiger partial charge < -0.3 is 10.2 Å². The maximum absolute atomic E-state index is 12.7. The van der Waals surface area contributed by atoms with Crippen molar-refractivity contribution in [2.75, 3.05) is 13.1 Å². The number of carbonyl (C=O) groups excluding carboxylic acids is 1. The fraction of sp³-hybridized carbons (Fsp3) is 0.588. The number of hydrogen-bond donors (Lipinski definition) is 1. The van der Waals surface area contributed by atoms with Crippen molar-refractivity contribution in [3.05, 3.63) is 24.0 Å². The summed E-state index contributed by atoms with van der Waals surface area (Å²) in [5.41, 5.74) is 1.47. The van der Waals surface area contributed by atoms with Crippen LogP contribution in [0.2, 0.25) is 0 Å². The Hall–Kier alpha value is -1.95. The van der Waals surface area contributed by atoms with E-state index in [0.29, 0.717) is 11.6 Å². The van der Waals surface area contributed by atoms with Crippen molar-refractivity contribution in [2.45, 2.75) is 44.2 Å². The van der Waals surface area contributed by atoms with Gasteiger partial charge in [-0.2, -0.15) is 5.10 Å². The van der Waals surface area contributed by atoms with Crippen molar-refractivity contribution in [3.8, 4) is 0 Å². The van der Waals surface area contributed by atoms with E-state index in [1.54, 1.807) is 17.1 Å². The van der Waals surface area contributed by atoms with Gasteiger partial charge in [0, 0.05) is 43.8 Å². The van der Waals surface area contributed by atoms with E-state index in [4.69, 9.17) is 0 Å². The Morgan fingerprint density at radius 1 is 1.17 bits per heavy atom. The van der Waals surface area contributed by atoms with Gasteiger partial charge in [0.25, 0.3) is 5.91 Å². The molecule has 2 aliphatic rings. The molecule has 0 bridgehead atoms. The van der Waals surface area contributed by atoms with Gasteiger partial charge in [-0.15, -0.1) is 0 Å². The van der Waals surface area contributed by atoms with Gasteiger partial charge in [-0.25, -0.2) is 4.98 Å². The highest BCUT2D eigenvalue weighted by molar-refractivity contribution is 5.96. The smallest absolute Gasteiger partial charge is 0.255 e. The monoisotopic (exact) mass is 313 g/mol. The van der Waals surface area contributed by atoms with Crippen LogP contribution < -0.4 is 5.32 Å². The normalized spacial score (nSPS) is 20.0. The number of nitrogens with zero attached hydrogens (tertiary/aromatic N) is 4. The molecule has 0 unspecified atom stereocenters. The molecule has 0 radical (unpaired) electrons. The Balaban J connectivity index is 1.40. The molecule has 6 nitrogen and oxygen atoms in total. The topological polar surface area (TPSA) is 63.1 Å². The van der Waals surface area contributed by atoms with Crippen molar-refractivity contribution < 1.29 is 4.79 Å². The zero-order valence-electron chi connectivity index (χ0n) is 13.5. The third-order valence-electron chi connectivity index (χ3n) is 5.18. The molecule has 0 aromatic carbocycles. The molecule has 4 rings (SSSR count). The Labute approximate surface area is 135 Å². The van der Waals surface area contributed by atoms with E-state index in [0.717, 1.165) is 43.0 Å². The minimum Gasteiger partial charge on any atom is -0.338 e. The molecule has 3 heterocycles. The second-order valence-electron chi connectivity index (χ2n) is 6.77. The molecular weight excluding hydrogens is 290 g/mol. The highest BCUT2D eigenvalue weighted by Crippen LogP contribution is 2.22. The summed E-state index contributed by atoms with van der Waals surface area (Å²) in [5, 5.41) is 8.82. The fourth-order valence-electron chi connectivity index (χ4n) is 3.50. The van der Waals surface area contributed by atoms with Crippen LogP contribution in [0.4, 0.5) is 0 Å². The lowest BCUT2D eigenvalue weighted by molar-refractivity contribution is 0.0697. The average Bonchev–Trinajstić information content (AvgIpc) is 2.91. The van der Waals surface area contributed by atoms with E-state index in [-0.39, 0.29) is 5.91 Å². The maximum Gasteiger partial charge on any atom is 0.255 e. The van der Waals surface area contributed by atoms with Crippen LogP contribution in [0.3, 0.4) is 0 Å². The van der Waals surface area contributed by atoms with Crippen molar-refractivity contribution in [3.63, 3.8) is 0 Å². The number of fused-ring (bicyclic) bond motifs is 1. The molecule has 2 aromatic heterocycles. The molecule has 23 heavy (non-hydrogen) atoms. The first-order valence-corrected chi connectivity index (χ1v) is 8.54. The van der Waals surface area contributed by atoms with E-state index in [1.165, 1.54) is 19.3 Å². The van der Waals surface area contributed by atoms with E-state index >= 15 is 0 Å². The molecule has 1 N–H and O–H groups in total. The molecule has 122 valence electrons. The lowest BCUT2D eigenvalue weighted by atomic mass is 9.91. The van der Waals surface area contributed by atoms with Crippen molar-refractivity contribution in [1.82, 2.24) is 25.0 Å². The van der Waals surface area contributed by atoms with E-state index in [2.05, 4.69) is 15.4 Å². The molecule has 0 spiro atoms. The Bertz CT molecular complexity index is 713. The molecule has 2 fully saturated rings. The number of nitrogens with one attached hydrogen (secondary N) is 1. The molecule has 1 aliphatic heterocycles. The summed E-state index contributed by atoms with van der Waals surface area (Å²) in [6.45, 7) is 1.66. The first-order valence-electron chi connectivity index (χ1n) is 8.54. The second-order valence-corrected chi connectivity index (χ2v) is 6.77. The number of likely N-dealkylation sites (tertiary alicyclic amines) is 1. The van der Waals surface area contributed by atoms with Crippen LogP contribution in [0.25, 0.3) is 11.0 Å². The number of pyridine rings is 1. The van der Waals surface area contributed by atoms with Crippen LogP contribution in [-0.4, -0.2) is 50.7 Å². The van der Waals surface area contributed by atoms with E-state index < -0.39 is 0 Å². The average molecular weight is 313 g/mol. The fourth-order valence-corrected chi connectivity index (χ4v) is 3.50. The molecule has 1 saturated heterocycles. The van der Waals surface area contributed by atoms with Crippen LogP contribution in [-0.2, 0) is 7.05 Å². The summed E-state index contributed by atoms with van der Waals surface area (Å²) in [6, 6.07) is 3.19. The highest BCUT2D eigenvalue weighted by Gasteiger charge is 2.27. The van der Waals surface area contributed by atoms with Gasteiger partial charge in [0.1, 0.15) is 0 Å². The Morgan fingerprint density at radius 3 is 2.61 bits per heavy atom. The predicted octanol–water partition coefficient (Wildman–Crippen LogP) is 1.71. The van der Waals surface area contributed by atoms with Gasteiger partial charge in [-0.1, -0.05) is 6.42 Å². The number of amides is 1. The number of hydrogen-bond acceptors (Lipinski definition) is 4. The van der Waals surface area contributed by atoms with Crippen molar-refractivity contribution in [1.29, 1.82) is 0 Å². The zero-order chi connectivity index (χ0) is 15.8. The number of aromatic nitrogens is 3. The van der Waals surface area contributed by atoms with Crippen LogP contribution in [0.1, 0.15) is 42.5 Å². The Kier molecular flexibility index (Phi) is 3.77. The van der Waals surface area contributed by atoms with Crippen molar-refractivity contribution >= 4 is 16.9 Å². The largest absolute Gasteiger partial charge is 0.338 e. The quantitative estimate of drug-likeness (QED) is 0.937. The van der Waals surface area contributed by atoms with Crippen LogP contribution in [0.15, 0.2) is 18.5 Å². The molecule has 2 aromatic rings. The summed E-state index contributed by atoms with van der Waals surface area (Å²) in [4.78, 5) is 19.0. The third kappa shape index (κ3) is 2.83. The number of carbonyl (C=O) groups is 1. The lowest BCUT2D eigenvalue weighted by Crippen LogP contribution is -2.49. The van der Waals surface area contributed by atoms with Crippen LogP contribution >= 0.6 is 0 Å². The van der Waals surface area contributed by atoms with Crippen LogP contribution in [0.5, 0.6) is 0 Å². The van der Waals surface area contributed by atoms with Gasteiger partial charge in [0.2, 0.25) is 0 Å². The predicted molar refractivity (Wildman–Crippen MR) is 88.2 cm³/mol. The summed E-state index contributed by atoms with van der Waals surface area (Å²) in [5.74, 6) is 0.0883. The minimum atomic E-state index is 0.0883. The molecular formula is C17H23N5O. The molecule has 1 aliphatic carbocycles. The van der Waals surface area contributed by atoms with E-state index in [9.17, 15) is 4.79 Å². The Morgan fingerprint density at radius 2 is 1.91 bits per heavy atom. The molecule has 1 amide bonds. The summed E-state index contributed by atoms with van der Waals surface area (Å²) in [7, 11) is 1.86. The van der Waals surface area contributed by atoms with Gasteiger partial charge in [-0.3, -0.25) is 9.48 Å². The minimum absolute atomic E-state index is 0.0883. The highest BCUT2D eigenvalue weighted by atomic mass is 16.2. The first kappa shape index (κ1) is 14.6. The molecule has 1 saturated carbocycles. The lowest BCUT2D eigenvalue weighted by Gasteiger charge is -2.37. The van der Waals surface area contributed by atoms with Crippen LogP contribution in [0, 0.1) is 0 Å².